The molecule has 0 aliphatic heterocycles. The van der Waals surface area contributed by atoms with Gasteiger partial charge in [-0.15, -0.1) is 0 Å². The quantitative estimate of drug-likeness (QED) is 0.912. The highest BCUT2D eigenvalue weighted by Gasteiger charge is 2.38. The van der Waals surface area contributed by atoms with Gasteiger partial charge in [0.2, 0.25) is 0 Å². The molecule has 0 aromatic heterocycles. The second-order valence-corrected chi connectivity index (χ2v) is 8.82. The topological polar surface area (TPSA) is 29.1 Å². The standard InChI is InChI=1S/C18H29NOS/c1-6-19-15-9-10-18(4,5)12-17(15)21(20)16-11-13(2)7-8-14(16)3/h7-8,11,15,17,19H,6,9-10,12H2,1-5H3. The van der Waals surface area contributed by atoms with E-state index in [-0.39, 0.29) is 5.25 Å². The van der Waals surface area contributed by atoms with Crippen molar-refractivity contribution in [1.82, 2.24) is 5.32 Å². The van der Waals surface area contributed by atoms with Crippen molar-refractivity contribution in [3.63, 3.8) is 0 Å². The zero-order valence-electron chi connectivity index (χ0n) is 14.0. The second-order valence-electron chi connectivity index (χ2n) is 7.18. The first-order chi connectivity index (χ1) is 9.84. The molecule has 3 atom stereocenters. The SMILES string of the molecule is CCNC1CCC(C)(C)CC1S(=O)c1cc(C)ccc1C. The Morgan fingerprint density at radius 1 is 1.33 bits per heavy atom. The maximum absolute atomic E-state index is 13.2. The zero-order chi connectivity index (χ0) is 15.6. The predicted octanol–water partition coefficient (Wildman–Crippen LogP) is 3.97. The van der Waals surface area contributed by atoms with Gasteiger partial charge in [0.1, 0.15) is 0 Å². The van der Waals surface area contributed by atoms with Gasteiger partial charge in [-0.3, -0.25) is 4.21 Å². The van der Waals surface area contributed by atoms with Crippen LogP contribution in [0.4, 0.5) is 0 Å². The number of hydrogen-bond donors (Lipinski definition) is 1. The van der Waals surface area contributed by atoms with Crippen LogP contribution in [0, 0.1) is 19.3 Å². The van der Waals surface area contributed by atoms with Crippen LogP contribution in [0.25, 0.3) is 0 Å². The van der Waals surface area contributed by atoms with Gasteiger partial charge in [-0.1, -0.05) is 32.9 Å². The Kier molecular flexibility index (Phi) is 5.26. The molecule has 1 saturated carbocycles. The molecule has 1 aliphatic rings. The lowest BCUT2D eigenvalue weighted by Crippen LogP contribution is -2.48. The molecule has 1 fully saturated rings. The maximum Gasteiger partial charge on any atom is 0.0579 e. The first-order valence-electron chi connectivity index (χ1n) is 8.05. The van der Waals surface area contributed by atoms with Gasteiger partial charge >= 0.3 is 0 Å². The number of benzene rings is 1. The molecule has 2 rings (SSSR count). The fourth-order valence-corrected chi connectivity index (χ4v) is 5.48. The summed E-state index contributed by atoms with van der Waals surface area (Å²) < 4.78 is 13.2. The van der Waals surface area contributed by atoms with Gasteiger partial charge in [0.25, 0.3) is 0 Å². The molecule has 3 heteroatoms. The Balaban J connectivity index is 2.30. The van der Waals surface area contributed by atoms with Crippen LogP contribution < -0.4 is 5.32 Å². The fourth-order valence-electron chi connectivity index (χ4n) is 3.33. The molecule has 0 radical (unpaired) electrons. The molecule has 0 amide bonds. The monoisotopic (exact) mass is 307 g/mol. The van der Waals surface area contributed by atoms with Crippen LogP contribution in [-0.4, -0.2) is 22.0 Å². The Morgan fingerprint density at radius 3 is 2.71 bits per heavy atom. The zero-order valence-corrected chi connectivity index (χ0v) is 14.8. The normalized spacial score (nSPS) is 26.5. The second kappa shape index (κ2) is 6.62. The van der Waals surface area contributed by atoms with Crippen LogP contribution in [0.1, 0.15) is 51.2 Å². The smallest absolute Gasteiger partial charge is 0.0579 e. The third-order valence-electron chi connectivity index (χ3n) is 4.64. The molecule has 1 aromatic carbocycles. The lowest BCUT2D eigenvalue weighted by atomic mass is 9.75. The minimum atomic E-state index is -0.932. The number of aryl methyl sites for hydroxylation is 2. The number of nitrogens with one attached hydrogen (secondary N) is 1. The average molecular weight is 308 g/mol. The van der Waals surface area contributed by atoms with E-state index in [2.05, 4.69) is 58.1 Å². The highest BCUT2D eigenvalue weighted by atomic mass is 32.2. The summed E-state index contributed by atoms with van der Waals surface area (Å²) in [7, 11) is -0.932. The van der Waals surface area contributed by atoms with Crippen molar-refractivity contribution in [3.8, 4) is 0 Å². The van der Waals surface area contributed by atoms with Crippen LogP contribution in [0.5, 0.6) is 0 Å². The highest BCUT2D eigenvalue weighted by molar-refractivity contribution is 7.85. The lowest BCUT2D eigenvalue weighted by Gasteiger charge is -2.40. The molecule has 1 aliphatic carbocycles. The molecule has 1 aromatic rings. The molecular weight excluding hydrogens is 278 g/mol. The molecular formula is C18H29NOS. The van der Waals surface area contributed by atoms with Crippen LogP contribution in [0.3, 0.4) is 0 Å². The van der Waals surface area contributed by atoms with E-state index in [1.165, 1.54) is 12.0 Å². The van der Waals surface area contributed by atoms with Crippen LogP contribution in [0.15, 0.2) is 23.1 Å². The minimum absolute atomic E-state index is 0.217. The molecule has 0 saturated heterocycles. The van der Waals surface area contributed by atoms with E-state index in [1.807, 2.05) is 0 Å². The van der Waals surface area contributed by atoms with Crippen molar-refractivity contribution in [1.29, 1.82) is 0 Å². The summed E-state index contributed by atoms with van der Waals surface area (Å²) in [5, 5.41) is 3.78. The van der Waals surface area contributed by atoms with E-state index in [9.17, 15) is 4.21 Å². The van der Waals surface area contributed by atoms with E-state index < -0.39 is 10.8 Å². The van der Waals surface area contributed by atoms with Crippen LogP contribution in [-0.2, 0) is 10.8 Å². The molecule has 118 valence electrons. The average Bonchev–Trinajstić information content (AvgIpc) is 2.42. The van der Waals surface area contributed by atoms with E-state index in [0.717, 1.165) is 29.8 Å². The maximum atomic E-state index is 13.2. The summed E-state index contributed by atoms with van der Waals surface area (Å²) in [4.78, 5) is 1.03. The largest absolute Gasteiger partial charge is 0.313 e. The Labute approximate surface area is 132 Å². The summed E-state index contributed by atoms with van der Waals surface area (Å²) >= 11 is 0. The lowest BCUT2D eigenvalue weighted by molar-refractivity contribution is 0.213. The van der Waals surface area contributed by atoms with Gasteiger partial charge in [-0.2, -0.15) is 0 Å². The Bertz CT molecular complexity index is 524. The van der Waals surface area contributed by atoms with Crippen molar-refractivity contribution in [2.24, 2.45) is 5.41 Å². The summed E-state index contributed by atoms with van der Waals surface area (Å²) in [6.45, 7) is 11.9. The van der Waals surface area contributed by atoms with Gasteiger partial charge in [0, 0.05) is 10.9 Å². The van der Waals surface area contributed by atoms with Crippen molar-refractivity contribution < 1.29 is 4.21 Å². The van der Waals surface area contributed by atoms with Gasteiger partial charge in [-0.05, 0) is 62.3 Å². The molecule has 2 nitrogen and oxygen atoms in total. The van der Waals surface area contributed by atoms with Crippen LogP contribution in [0.2, 0.25) is 0 Å². The fraction of sp³-hybridized carbons (Fsp3) is 0.667. The highest BCUT2D eigenvalue weighted by Crippen LogP contribution is 2.39. The van der Waals surface area contributed by atoms with Gasteiger partial charge < -0.3 is 5.32 Å². The number of rotatable bonds is 4. The first kappa shape index (κ1) is 16.7. The van der Waals surface area contributed by atoms with E-state index >= 15 is 0 Å². The Morgan fingerprint density at radius 2 is 2.05 bits per heavy atom. The first-order valence-corrected chi connectivity index (χ1v) is 9.26. The molecule has 0 heterocycles. The molecule has 3 unspecified atom stereocenters. The van der Waals surface area contributed by atoms with Crippen LogP contribution >= 0.6 is 0 Å². The summed E-state index contributed by atoms with van der Waals surface area (Å²) in [5.74, 6) is 0. The molecule has 1 N–H and O–H groups in total. The van der Waals surface area contributed by atoms with Crippen molar-refractivity contribution in [3.05, 3.63) is 29.3 Å². The van der Waals surface area contributed by atoms with Crippen molar-refractivity contribution in [2.45, 2.75) is 70.1 Å². The summed E-state index contributed by atoms with van der Waals surface area (Å²) in [5.41, 5.74) is 2.64. The third-order valence-corrected chi connectivity index (χ3v) is 6.55. The molecule has 0 bridgehead atoms. The van der Waals surface area contributed by atoms with E-state index in [4.69, 9.17) is 0 Å². The third kappa shape index (κ3) is 3.95. The van der Waals surface area contributed by atoms with E-state index in [1.54, 1.807) is 0 Å². The molecule has 21 heavy (non-hydrogen) atoms. The Hall–Kier alpha value is -0.670. The summed E-state index contributed by atoms with van der Waals surface area (Å²) in [6.07, 6.45) is 3.37. The van der Waals surface area contributed by atoms with Gasteiger partial charge in [0.15, 0.2) is 0 Å². The van der Waals surface area contributed by atoms with Crippen molar-refractivity contribution >= 4 is 10.8 Å². The molecule has 0 spiro atoms. The van der Waals surface area contributed by atoms with Gasteiger partial charge in [-0.25, -0.2) is 0 Å². The minimum Gasteiger partial charge on any atom is -0.313 e. The number of hydrogen-bond acceptors (Lipinski definition) is 2. The van der Waals surface area contributed by atoms with Gasteiger partial charge in [0.05, 0.1) is 16.0 Å². The predicted molar refractivity (Wildman–Crippen MR) is 91.2 cm³/mol. The van der Waals surface area contributed by atoms with E-state index in [0.29, 0.717) is 11.5 Å². The summed E-state index contributed by atoms with van der Waals surface area (Å²) in [6, 6.07) is 6.68. The van der Waals surface area contributed by atoms with Crippen molar-refractivity contribution in [2.75, 3.05) is 6.54 Å².